The van der Waals surface area contributed by atoms with Gasteiger partial charge in [-0.15, -0.1) is 0 Å². The maximum absolute atomic E-state index is 12.0. The van der Waals surface area contributed by atoms with Gasteiger partial charge in [0.1, 0.15) is 0 Å². The Morgan fingerprint density at radius 1 is 1.11 bits per heavy atom. The van der Waals surface area contributed by atoms with E-state index in [-0.39, 0.29) is 16.4 Å². The zero-order chi connectivity index (χ0) is 14.0. The first-order valence-corrected chi connectivity index (χ1v) is 7.63. The molecule has 1 aliphatic rings. The van der Waals surface area contributed by atoms with Gasteiger partial charge in [0, 0.05) is 4.47 Å². The highest BCUT2D eigenvalue weighted by atomic mass is 79.9. The second-order valence-electron chi connectivity index (χ2n) is 3.97. The highest BCUT2D eigenvalue weighted by Gasteiger charge is 2.15. The van der Waals surface area contributed by atoms with Gasteiger partial charge in [-0.1, -0.05) is 15.9 Å². The number of halogens is 1. The Morgan fingerprint density at radius 3 is 2.32 bits per heavy atom. The van der Waals surface area contributed by atoms with Crippen LogP contribution in [0, 0.1) is 0 Å². The maximum Gasteiger partial charge on any atom is 0.282 e. The number of sulfonamides is 1. The fourth-order valence-electron chi connectivity index (χ4n) is 1.49. The van der Waals surface area contributed by atoms with Crippen LogP contribution in [-0.4, -0.2) is 19.9 Å². The number of rotatable bonds is 2. The monoisotopic (exact) mass is 339 g/mol. The molecule has 1 aromatic carbocycles. The van der Waals surface area contributed by atoms with Gasteiger partial charge in [-0.05, 0) is 55.0 Å². The molecule has 1 aromatic rings. The predicted octanol–water partition coefficient (Wildman–Crippen LogP) is 2.66. The van der Waals surface area contributed by atoms with Crippen molar-refractivity contribution < 1.29 is 13.2 Å². The Hall–Kier alpha value is -1.53. The summed E-state index contributed by atoms with van der Waals surface area (Å²) in [5.74, 6) is -0.139. The van der Waals surface area contributed by atoms with E-state index in [4.69, 9.17) is 0 Å². The zero-order valence-electron chi connectivity index (χ0n) is 10.00. The second kappa shape index (κ2) is 5.22. The van der Waals surface area contributed by atoms with E-state index in [0.717, 1.165) is 4.47 Å². The summed E-state index contributed by atoms with van der Waals surface area (Å²) in [6, 6.07) is 6.21. The van der Waals surface area contributed by atoms with Crippen LogP contribution in [0.4, 0.5) is 0 Å². The topological polar surface area (TPSA) is 63.6 Å². The van der Waals surface area contributed by atoms with Gasteiger partial charge in [-0.3, -0.25) is 4.79 Å². The van der Waals surface area contributed by atoms with Gasteiger partial charge in [-0.2, -0.15) is 12.8 Å². The highest BCUT2D eigenvalue weighted by Crippen LogP contribution is 2.17. The van der Waals surface area contributed by atoms with Crippen LogP contribution in [0.2, 0.25) is 0 Å². The first-order chi connectivity index (χ1) is 8.88. The Kier molecular flexibility index (Phi) is 3.82. The van der Waals surface area contributed by atoms with Crippen LogP contribution in [0.3, 0.4) is 0 Å². The number of benzene rings is 1. The summed E-state index contributed by atoms with van der Waals surface area (Å²) in [5, 5.41) is 0. The van der Waals surface area contributed by atoms with Crippen molar-refractivity contribution in [2.24, 2.45) is 4.40 Å². The molecule has 0 aliphatic heterocycles. The van der Waals surface area contributed by atoms with Gasteiger partial charge in [0.25, 0.3) is 10.0 Å². The molecule has 6 heteroatoms. The normalized spacial score (nSPS) is 17.7. The minimum atomic E-state index is -3.76. The molecule has 0 saturated heterocycles. The van der Waals surface area contributed by atoms with Gasteiger partial charge in [-0.25, -0.2) is 0 Å². The van der Waals surface area contributed by atoms with Crippen molar-refractivity contribution in [2.75, 3.05) is 0 Å². The molecule has 0 aromatic heterocycles. The van der Waals surface area contributed by atoms with E-state index in [0.29, 0.717) is 5.57 Å². The minimum absolute atomic E-state index is 0.111. The van der Waals surface area contributed by atoms with E-state index in [2.05, 4.69) is 20.3 Å². The van der Waals surface area contributed by atoms with E-state index in [1.807, 2.05) is 0 Å². The molecule has 0 radical (unpaired) electrons. The minimum Gasteiger partial charge on any atom is -0.290 e. The predicted molar refractivity (Wildman–Crippen MR) is 76.7 cm³/mol. The SMILES string of the molecule is CC1=C/C(=N/S(=O)(=O)c2ccc(Br)cc2)C=CC1=O. The number of carbonyl (C=O) groups is 1. The van der Waals surface area contributed by atoms with Crippen molar-refractivity contribution in [3.05, 3.63) is 52.5 Å². The fourth-order valence-corrected chi connectivity index (χ4v) is 2.73. The molecule has 0 heterocycles. The van der Waals surface area contributed by atoms with Crippen molar-refractivity contribution in [2.45, 2.75) is 11.8 Å². The van der Waals surface area contributed by atoms with Crippen LogP contribution in [0.15, 0.2) is 61.8 Å². The van der Waals surface area contributed by atoms with Gasteiger partial charge < -0.3 is 0 Å². The van der Waals surface area contributed by atoms with Crippen molar-refractivity contribution in [3.8, 4) is 0 Å². The highest BCUT2D eigenvalue weighted by molar-refractivity contribution is 9.10. The van der Waals surface area contributed by atoms with Crippen LogP contribution in [-0.2, 0) is 14.8 Å². The van der Waals surface area contributed by atoms with Crippen molar-refractivity contribution >= 4 is 37.4 Å². The smallest absolute Gasteiger partial charge is 0.282 e. The van der Waals surface area contributed by atoms with Crippen LogP contribution in [0.1, 0.15) is 6.92 Å². The van der Waals surface area contributed by atoms with Crippen molar-refractivity contribution in [1.29, 1.82) is 0 Å². The molecular formula is C13H10BrNO3S. The van der Waals surface area contributed by atoms with Gasteiger partial charge in [0.05, 0.1) is 10.6 Å². The van der Waals surface area contributed by atoms with Crippen molar-refractivity contribution in [3.63, 3.8) is 0 Å². The second-order valence-corrected chi connectivity index (χ2v) is 6.49. The number of ketones is 1. The quantitative estimate of drug-likeness (QED) is 0.778. The average Bonchev–Trinajstić information content (AvgIpc) is 2.34. The molecule has 19 heavy (non-hydrogen) atoms. The summed E-state index contributed by atoms with van der Waals surface area (Å²) in [6.07, 6.45) is 4.16. The molecule has 98 valence electrons. The zero-order valence-corrected chi connectivity index (χ0v) is 12.4. The molecule has 0 fully saturated rings. The van der Waals surface area contributed by atoms with E-state index >= 15 is 0 Å². The molecule has 0 spiro atoms. The Balaban J connectivity index is 2.40. The first kappa shape index (κ1) is 13.9. The average molecular weight is 340 g/mol. The first-order valence-electron chi connectivity index (χ1n) is 5.40. The summed E-state index contributed by atoms with van der Waals surface area (Å²) in [5.41, 5.74) is 0.715. The third-order valence-electron chi connectivity index (χ3n) is 2.50. The summed E-state index contributed by atoms with van der Waals surface area (Å²) < 4.78 is 28.6. The van der Waals surface area contributed by atoms with Gasteiger partial charge in [0.15, 0.2) is 5.78 Å². The number of allylic oxidation sites excluding steroid dienone is 4. The number of hydrogen-bond acceptors (Lipinski definition) is 3. The lowest BCUT2D eigenvalue weighted by Crippen LogP contribution is -2.08. The Morgan fingerprint density at radius 2 is 1.74 bits per heavy atom. The molecule has 0 N–H and O–H groups in total. The van der Waals surface area contributed by atoms with E-state index in [1.165, 1.54) is 30.4 Å². The van der Waals surface area contributed by atoms with Crippen molar-refractivity contribution in [1.82, 2.24) is 0 Å². The summed E-state index contributed by atoms with van der Waals surface area (Å²) in [6.45, 7) is 1.62. The summed E-state index contributed by atoms with van der Waals surface area (Å²) >= 11 is 3.24. The molecule has 0 saturated carbocycles. The summed E-state index contributed by atoms with van der Waals surface area (Å²) in [4.78, 5) is 11.4. The van der Waals surface area contributed by atoms with Crippen LogP contribution < -0.4 is 0 Å². The molecular weight excluding hydrogens is 330 g/mol. The van der Waals surface area contributed by atoms with Crippen LogP contribution in [0.5, 0.6) is 0 Å². The summed E-state index contributed by atoms with van der Waals surface area (Å²) in [7, 11) is -3.76. The largest absolute Gasteiger partial charge is 0.290 e. The number of hydrogen-bond donors (Lipinski definition) is 0. The molecule has 4 nitrogen and oxygen atoms in total. The third kappa shape index (κ3) is 3.27. The molecule has 0 unspecified atom stereocenters. The van der Waals surface area contributed by atoms with E-state index < -0.39 is 10.0 Å². The lowest BCUT2D eigenvalue weighted by atomic mass is 10.1. The van der Waals surface area contributed by atoms with E-state index in [9.17, 15) is 13.2 Å². The van der Waals surface area contributed by atoms with E-state index in [1.54, 1.807) is 19.1 Å². The molecule has 2 rings (SSSR count). The molecule has 0 bridgehead atoms. The lowest BCUT2D eigenvalue weighted by molar-refractivity contribution is -0.111. The third-order valence-corrected chi connectivity index (χ3v) is 4.34. The molecule has 1 aliphatic carbocycles. The Labute approximate surface area is 119 Å². The number of nitrogens with zero attached hydrogens (tertiary/aromatic N) is 1. The van der Waals surface area contributed by atoms with Gasteiger partial charge >= 0.3 is 0 Å². The van der Waals surface area contributed by atoms with Crippen LogP contribution >= 0.6 is 15.9 Å². The van der Waals surface area contributed by atoms with Gasteiger partial charge in [0.2, 0.25) is 0 Å². The fraction of sp³-hybridized carbons (Fsp3) is 0.0769. The standard InChI is InChI=1S/C13H10BrNO3S/c1-9-8-11(4-7-13(9)16)15-19(17,18)12-5-2-10(14)3-6-12/h2-8H,1H3/b15-11+. The number of carbonyl (C=O) groups excluding carboxylic acids is 1. The molecule has 0 amide bonds. The van der Waals surface area contributed by atoms with Crippen LogP contribution in [0.25, 0.3) is 0 Å². The molecule has 0 atom stereocenters. The Bertz CT molecular complexity index is 713. The maximum atomic E-state index is 12.0. The lowest BCUT2D eigenvalue weighted by Gasteiger charge is -2.04.